The zero-order valence-electron chi connectivity index (χ0n) is 13.4. The Kier molecular flexibility index (Phi) is 3.67. The molecule has 3 rings (SSSR count). The molecule has 112 valence electrons. The number of hydrogen-bond acceptors (Lipinski definition) is 3. The number of nitrogens with zero attached hydrogens (tertiary/aromatic N) is 3. The second-order valence-corrected chi connectivity index (χ2v) is 5.61. The summed E-state index contributed by atoms with van der Waals surface area (Å²) >= 11 is 0. The molecule has 4 nitrogen and oxygen atoms in total. The predicted octanol–water partition coefficient (Wildman–Crippen LogP) is 4.03. The van der Waals surface area contributed by atoms with Crippen LogP contribution in [0.25, 0.3) is 11.0 Å². The molecule has 0 fully saturated rings. The van der Waals surface area contributed by atoms with Gasteiger partial charge in [-0.2, -0.15) is 5.10 Å². The lowest BCUT2D eigenvalue weighted by Gasteiger charge is -2.07. The number of rotatable bonds is 3. The molecule has 0 spiro atoms. The Labute approximate surface area is 130 Å². The molecule has 0 saturated carbocycles. The molecule has 1 N–H and O–H groups in total. The summed E-state index contributed by atoms with van der Waals surface area (Å²) in [4.78, 5) is 4.56. The SMILES string of the molecule is C/C(=N\Nc1nc2ccccc2n1C)c1ccc(C)cc1C. The number of nitrogens with one attached hydrogen (secondary N) is 1. The zero-order valence-corrected chi connectivity index (χ0v) is 13.4. The molecule has 0 unspecified atom stereocenters. The highest BCUT2D eigenvalue weighted by Crippen LogP contribution is 2.18. The molecule has 0 atom stereocenters. The molecular weight excluding hydrogens is 272 g/mol. The van der Waals surface area contributed by atoms with Crippen molar-refractivity contribution in [2.75, 3.05) is 5.43 Å². The first-order valence-electron chi connectivity index (χ1n) is 7.35. The summed E-state index contributed by atoms with van der Waals surface area (Å²) in [5, 5.41) is 4.49. The van der Waals surface area contributed by atoms with Crippen molar-refractivity contribution in [1.82, 2.24) is 9.55 Å². The van der Waals surface area contributed by atoms with Gasteiger partial charge >= 0.3 is 0 Å². The van der Waals surface area contributed by atoms with Gasteiger partial charge in [0.1, 0.15) is 0 Å². The molecule has 4 heteroatoms. The smallest absolute Gasteiger partial charge is 0.224 e. The van der Waals surface area contributed by atoms with E-state index in [1.807, 2.05) is 42.8 Å². The number of fused-ring (bicyclic) bond motifs is 1. The highest BCUT2D eigenvalue weighted by Gasteiger charge is 2.07. The van der Waals surface area contributed by atoms with E-state index in [-0.39, 0.29) is 0 Å². The molecule has 0 aliphatic rings. The Morgan fingerprint density at radius 3 is 2.64 bits per heavy atom. The maximum atomic E-state index is 4.56. The Morgan fingerprint density at radius 2 is 1.91 bits per heavy atom. The van der Waals surface area contributed by atoms with Gasteiger partial charge in [0.15, 0.2) is 0 Å². The van der Waals surface area contributed by atoms with Crippen LogP contribution in [-0.2, 0) is 7.05 Å². The van der Waals surface area contributed by atoms with Crippen molar-refractivity contribution in [2.45, 2.75) is 20.8 Å². The van der Waals surface area contributed by atoms with Gasteiger partial charge in [0.25, 0.3) is 0 Å². The number of aromatic nitrogens is 2. The van der Waals surface area contributed by atoms with Gasteiger partial charge in [-0.05, 0) is 38.5 Å². The van der Waals surface area contributed by atoms with Crippen LogP contribution in [0.15, 0.2) is 47.6 Å². The van der Waals surface area contributed by atoms with Crippen LogP contribution in [0.1, 0.15) is 23.6 Å². The first-order valence-corrected chi connectivity index (χ1v) is 7.35. The lowest BCUT2D eigenvalue weighted by atomic mass is 10.0. The van der Waals surface area contributed by atoms with Crippen LogP contribution < -0.4 is 5.43 Å². The molecule has 3 aromatic rings. The van der Waals surface area contributed by atoms with Crippen molar-refractivity contribution < 1.29 is 0 Å². The Balaban J connectivity index is 1.90. The standard InChI is InChI=1S/C18H20N4/c1-12-9-10-15(13(2)11-12)14(3)20-21-18-19-16-7-5-6-8-17(16)22(18)4/h5-11H,1-4H3,(H,19,21)/b20-14+. The molecule has 2 aromatic carbocycles. The fourth-order valence-corrected chi connectivity index (χ4v) is 2.66. The molecule has 0 aliphatic carbocycles. The molecule has 0 radical (unpaired) electrons. The van der Waals surface area contributed by atoms with E-state index in [0.29, 0.717) is 0 Å². The Morgan fingerprint density at radius 1 is 1.14 bits per heavy atom. The zero-order chi connectivity index (χ0) is 15.7. The van der Waals surface area contributed by atoms with E-state index in [1.165, 1.54) is 11.1 Å². The van der Waals surface area contributed by atoms with E-state index >= 15 is 0 Å². The van der Waals surface area contributed by atoms with E-state index in [1.54, 1.807) is 0 Å². The van der Waals surface area contributed by atoms with Gasteiger partial charge in [-0.1, -0.05) is 35.9 Å². The van der Waals surface area contributed by atoms with Crippen molar-refractivity contribution in [1.29, 1.82) is 0 Å². The summed E-state index contributed by atoms with van der Waals surface area (Å²) < 4.78 is 2.01. The van der Waals surface area contributed by atoms with Crippen LogP contribution in [0.5, 0.6) is 0 Å². The van der Waals surface area contributed by atoms with Gasteiger partial charge in [-0.3, -0.25) is 0 Å². The topological polar surface area (TPSA) is 42.2 Å². The third-order valence-electron chi connectivity index (χ3n) is 3.88. The molecule has 1 heterocycles. The van der Waals surface area contributed by atoms with Crippen molar-refractivity contribution in [3.05, 3.63) is 59.2 Å². The third-order valence-corrected chi connectivity index (χ3v) is 3.88. The average Bonchev–Trinajstić information content (AvgIpc) is 2.82. The monoisotopic (exact) mass is 292 g/mol. The number of benzene rings is 2. The maximum Gasteiger partial charge on any atom is 0.224 e. The van der Waals surface area contributed by atoms with Crippen LogP contribution in [0.3, 0.4) is 0 Å². The van der Waals surface area contributed by atoms with Gasteiger partial charge in [0.05, 0.1) is 16.7 Å². The summed E-state index contributed by atoms with van der Waals surface area (Å²) in [5.74, 6) is 0.741. The fraction of sp³-hybridized carbons (Fsp3) is 0.222. The van der Waals surface area contributed by atoms with E-state index in [9.17, 15) is 0 Å². The second kappa shape index (κ2) is 5.64. The number of aryl methyl sites for hydroxylation is 3. The predicted molar refractivity (Wildman–Crippen MR) is 92.5 cm³/mol. The lowest BCUT2D eigenvalue weighted by Crippen LogP contribution is -2.05. The van der Waals surface area contributed by atoms with Crippen LogP contribution >= 0.6 is 0 Å². The van der Waals surface area contributed by atoms with Crippen molar-refractivity contribution >= 4 is 22.7 Å². The summed E-state index contributed by atoms with van der Waals surface area (Å²) in [7, 11) is 1.99. The number of anilines is 1. The van der Waals surface area contributed by atoms with Crippen molar-refractivity contribution in [3.8, 4) is 0 Å². The summed E-state index contributed by atoms with van der Waals surface area (Å²) in [6.45, 7) is 6.21. The van der Waals surface area contributed by atoms with Gasteiger partial charge in [0.2, 0.25) is 5.95 Å². The maximum absolute atomic E-state index is 4.56. The second-order valence-electron chi connectivity index (χ2n) is 5.61. The number of hydrazone groups is 1. The number of hydrogen-bond donors (Lipinski definition) is 1. The van der Waals surface area contributed by atoms with Crippen LogP contribution in [0.4, 0.5) is 5.95 Å². The minimum Gasteiger partial charge on any atom is -0.312 e. The molecule has 0 bridgehead atoms. The molecule has 22 heavy (non-hydrogen) atoms. The van der Waals surface area contributed by atoms with Gasteiger partial charge in [-0.15, -0.1) is 0 Å². The lowest BCUT2D eigenvalue weighted by molar-refractivity contribution is 0.942. The minimum absolute atomic E-state index is 0.741. The minimum atomic E-state index is 0.741. The summed E-state index contributed by atoms with van der Waals surface area (Å²) in [6.07, 6.45) is 0. The quantitative estimate of drug-likeness (QED) is 0.585. The largest absolute Gasteiger partial charge is 0.312 e. The van der Waals surface area contributed by atoms with Crippen molar-refractivity contribution in [3.63, 3.8) is 0 Å². The van der Waals surface area contributed by atoms with E-state index in [4.69, 9.17) is 0 Å². The van der Waals surface area contributed by atoms with Gasteiger partial charge < -0.3 is 4.57 Å². The van der Waals surface area contributed by atoms with E-state index in [2.05, 4.69) is 47.6 Å². The van der Waals surface area contributed by atoms with E-state index in [0.717, 1.165) is 28.3 Å². The van der Waals surface area contributed by atoms with E-state index < -0.39 is 0 Å². The first kappa shape index (κ1) is 14.3. The van der Waals surface area contributed by atoms with Crippen LogP contribution in [0.2, 0.25) is 0 Å². The third kappa shape index (κ3) is 2.60. The number of imidazole rings is 1. The van der Waals surface area contributed by atoms with Crippen LogP contribution in [0, 0.1) is 13.8 Å². The Bertz CT molecular complexity index is 859. The Hall–Kier alpha value is -2.62. The summed E-state index contributed by atoms with van der Waals surface area (Å²) in [6, 6.07) is 14.4. The highest BCUT2D eigenvalue weighted by molar-refractivity contribution is 6.00. The fourth-order valence-electron chi connectivity index (χ4n) is 2.66. The normalized spacial score (nSPS) is 11.9. The molecular formula is C18H20N4. The molecule has 0 saturated heterocycles. The number of para-hydroxylation sites is 2. The summed E-state index contributed by atoms with van der Waals surface area (Å²) in [5.41, 5.74) is 9.72. The molecule has 0 amide bonds. The highest BCUT2D eigenvalue weighted by atomic mass is 15.4. The van der Waals surface area contributed by atoms with Gasteiger partial charge in [0, 0.05) is 12.6 Å². The average molecular weight is 292 g/mol. The first-order chi connectivity index (χ1) is 10.6. The molecule has 0 aliphatic heterocycles. The van der Waals surface area contributed by atoms with Crippen molar-refractivity contribution in [2.24, 2.45) is 12.1 Å². The van der Waals surface area contributed by atoms with Gasteiger partial charge in [-0.25, -0.2) is 10.4 Å². The molecule has 1 aromatic heterocycles. The van der Waals surface area contributed by atoms with Crippen LogP contribution in [-0.4, -0.2) is 15.3 Å².